The van der Waals surface area contributed by atoms with E-state index < -0.39 is 23.6 Å². The summed E-state index contributed by atoms with van der Waals surface area (Å²) in [6.45, 7) is 7.98. The average Bonchev–Trinajstić information content (AvgIpc) is 2.72. The molecule has 2 aromatic rings. The fourth-order valence-corrected chi connectivity index (χ4v) is 3.55. The molecule has 0 N–H and O–H groups in total. The quantitative estimate of drug-likeness (QED) is 0.524. The van der Waals surface area contributed by atoms with Crippen LogP contribution in [0.25, 0.3) is 0 Å². The van der Waals surface area contributed by atoms with Gasteiger partial charge in [-0.25, -0.2) is 9.59 Å². The van der Waals surface area contributed by atoms with Crippen LogP contribution < -0.4 is 0 Å². The van der Waals surface area contributed by atoms with Crippen LogP contribution in [0.4, 0.5) is 0 Å². The molecule has 4 heteroatoms. The van der Waals surface area contributed by atoms with Crippen molar-refractivity contribution in [3.63, 3.8) is 0 Å². The number of ether oxygens (including phenoxy) is 2. The van der Waals surface area contributed by atoms with E-state index in [0.29, 0.717) is 24.0 Å². The molecule has 0 spiro atoms. The van der Waals surface area contributed by atoms with Gasteiger partial charge in [0.25, 0.3) is 0 Å². The van der Waals surface area contributed by atoms with Gasteiger partial charge >= 0.3 is 11.9 Å². The molecular formula is C24H30O4. The first-order valence-corrected chi connectivity index (χ1v) is 9.98. The summed E-state index contributed by atoms with van der Waals surface area (Å²) in [6, 6.07) is 17.8. The standard InChI is InChI=1S/C24H30O4/c1-5-17-24(6-2,28-23(26)20-15-11-8-12-16-20)21(18(3)4)27-22(25)19-13-9-7-10-14-19/h7-16,18,21H,5-6,17H2,1-4H3. The van der Waals surface area contributed by atoms with Gasteiger partial charge in [-0.1, -0.05) is 70.5 Å². The molecule has 0 aliphatic carbocycles. The number of rotatable bonds is 9. The topological polar surface area (TPSA) is 52.6 Å². The zero-order valence-electron chi connectivity index (χ0n) is 17.2. The molecule has 0 aliphatic heterocycles. The SMILES string of the molecule is CCCC(CC)(OC(=O)c1ccccc1)C(OC(=O)c1ccccc1)C(C)C. The van der Waals surface area contributed by atoms with E-state index in [9.17, 15) is 9.59 Å². The maximum Gasteiger partial charge on any atom is 0.338 e. The van der Waals surface area contributed by atoms with Crippen LogP contribution in [0.1, 0.15) is 67.7 Å². The molecule has 150 valence electrons. The van der Waals surface area contributed by atoms with Crippen LogP contribution in [0, 0.1) is 5.92 Å². The Hall–Kier alpha value is -2.62. The molecule has 2 rings (SSSR count). The van der Waals surface area contributed by atoms with E-state index in [2.05, 4.69) is 0 Å². The van der Waals surface area contributed by atoms with Crippen molar-refractivity contribution in [2.45, 2.75) is 58.7 Å². The number of hydrogen-bond donors (Lipinski definition) is 0. The van der Waals surface area contributed by atoms with Gasteiger partial charge in [0.05, 0.1) is 11.1 Å². The van der Waals surface area contributed by atoms with E-state index in [1.165, 1.54) is 0 Å². The summed E-state index contributed by atoms with van der Waals surface area (Å²) in [5, 5.41) is 0. The Morgan fingerprint density at radius 1 is 0.857 bits per heavy atom. The van der Waals surface area contributed by atoms with Crippen LogP contribution in [0.15, 0.2) is 60.7 Å². The summed E-state index contributed by atoms with van der Waals surface area (Å²) in [7, 11) is 0. The second-order valence-electron chi connectivity index (χ2n) is 7.36. The summed E-state index contributed by atoms with van der Waals surface area (Å²) in [5.74, 6) is -0.802. The molecule has 0 radical (unpaired) electrons. The third-order valence-corrected chi connectivity index (χ3v) is 4.94. The lowest BCUT2D eigenvalue weighted by atomic mass is 9.82. The third kappa shape index (κ3) is 5.22. The lowest BCUT2D eigenvalue weighted by Crippen LogP contribution is -2.51. The predicted molar refractivity (Wildman–Crippen MR) is 110 cm³/mol. The molecule has 2 atom stereocenters. The maximum atomic E-state index is 12.8. The van der Waals surface area contributed by atoms with Gasteiger partial charge in [-0.05, 0) is 43.0 Å². The normalized spacial score (nSPS) is 14.2. The van der Waals surface area contributed by atoms with Crippen molar-refractivity contribution >= 4 is 11.9 Å². The highest BCUT2D eigenvalue weighted by molar-refractivity contribution is 5.90. The van der Waals surface area contributed by atoms with E-state index in [1.54, 1.807) is 48.5 Å². The first kappa shape index (κ1) is 21.7. The van der Waals surface area contributed by atoms with Crippen LogP contribution in [0.2, 0.25) is 0 Å². The van der Waals surface area contributed by atoms with E-state index in [1.807, 2.05) is 39.8 Å². The monoisotopic (exact) mass is 382 g/mol. The van der Waals surface area contributed by atoms with Gasteiger partial charge in [0.15, 0.2) is 0 Å². The summed E-state index contributed by atoms with van der Waals surface area (Å²) < 4.78 is 12.0. The largest absolute Gasteiger partial charge is 0.454 e. The molecular weight excluding hydrogens is 352 g/mol. The lowest BCUT2D eigenvalue weighted by Gasteiger charge is -2.41. The Morgan fingerprint density at radius 3 is 1.79 bits per heavy atom. The molecule has 0 fully saturated rings. The summed E-state index contributed by atoms with van der Waals surface area (Å²) >= 11 is 0. The fourth-order valence-electron chi connectivity index (χ4n) is 3.55. The highest BCUT2D eigenvalue weighted by Gasteiger charge is 2.45. The molecule has 0 saturated heterocycles. The molecule has 2 unspecified atom stereocenters. The Bertz CT molecular complexity index is 755. The van der Waals surface area contributed by atoms with Crippen LogP contribution in [0.5, 0.6) is 0 Å². The van der Waals surface area contributed by atoms with Gasteiger partial charge < -0.3 is 9.47 Å². The first-order valence-electron chi connectivity index (χ1n) is 9.98. The summed E-state index contributed by atoms with van der Waals surface area (Å²) in [4.78, 5) is 25.5. The molecule has 0 amide bonds. The Labute approximate surface area is 167 Å². The number of carbonyl (C=O) groups excluding carboxylic acids is 2. The van der Waals surface area contributed by atoms with Gasteiger partial charge in [0.2, 0.25) is 0 Å². The van der Waals surface area contributed by atoms with Gasteiger partial charge in [0.1, 0.15) is 11.7 Å². The molecule has 2 aromatic carbocycles. The smallest absolute Gasteiger partial charge is 0.338 e. The molecule has 0 aliphatic rings. The van der Waals surface area contributed by atoms with Gasteiger partial charge in [0, 0.05) is 0 Å². The van der Waals surface area contributed by atoms with Gasteiger partial charge in [-0.3, -0.25) is 0 Å². The zero-order chi connectivity index (χ0) is 20.6. The number of benzene rings is 2. The average molecular weight is 383 g/mol. The number of esters is 2. The van der Waals surface area contributed by atoms with Crippen molar-refractivity contribution in [2.75, 3.05) is 0 Å². The fraction of sp³-hybridized carbons (Fsp3) is 0.417. The second-order valence-corrected chi connectivity index (χ2v) is 7.36. The second kappa shape index (κ2) is 10.1. The molecule has 4 nitrogen and oxygen atoms in total. The highest BCUT2D eigenvalue weighted by Crippen LogP contribution is 2.34. The Balaban J connectivity index is 2.32. The lowest BCUT2D eigenvalue weighted by molar-refractivity contribution is -0.119. The Morgan fingerprint density at radius 2 is 1.36 bits per heavy atom. The van der Waals surface area contributed by atoms with Crippen molar-refractivity contribution in [1.82, 2.24) is 0 Å². The minimum Gasteiger partial charge on any atom is -0.454 e. The van der Waals surface area contributed by atoms with E-state index in [4.69, 9.17) is 9.47 Å². The third-order valence-electron chi connectivity index (χ3n) is 4.94. The molecule has 0 saturated carbocycles. The number of carbonyl (C=O) groups is 2. The van der Waals surface area contributed by atoms with Crippen molar-refractivity contribution in [1.29, 1.82) is 0 Å². The van der Waals surface area contributed by atoms with Crippen molar-refractivity contribution in [3.05, 3.63) is 71.8 Å². The van der Waals surface area contributed by atoms with Crippen LogP contribution in [-0.4, -0.2) is 23.6 Å². The van der Waals surface area contributed by atoms with E-state index >= 15 is 0 Å². The number of hydrogen-bond acceptors (Lipinski definition) is 4. The molecule has 0 bridgehead atoms. The van der Waals surface area contributed by atoms with E-state index in [-0.39, 0.29) is 5.92 Å². The van der Waals surface area contributed by atoms with Gasteiger partial charge in [-0.2, -0.15) is 0 Å². The summed E-state index contributed by atoms with van der Waals surface area (Å²) in [5.41, 5.74) is 0.109. The molecule has 0 heterocycles. The minimum atomic E-state index is -0.875. The van der Waals surface area contributed by atoms with Crippen LogP contribution >= 0.6 is 0 Å². The molecule has 28 heavy (non-hydrogen) atoms. The summed E-state index contributed by atoms with van der Waals surface area (Å²) in [6.07, 6.45) is 1.44. The highest BCUT2D eigenvalue weighted by atomic mass is 16.6. The predicted octanol–water partition coefficient (Wildman–Crippen LogP) is 5.67. The van der Waals surface area contributed by atoms with Crippen molar-refractivity contribution < 1.29 is 19.1 Å². The first-order chi connectivity index (χ1) is 13.4. The zero-order valence-corrected chi connectivity index (χ0v) is 17.2. The van der Waals surface area contributed by atoms with Crippen LogP contribution in [-0.2, 0) is 9.47 Å². The van der Waals surface area contributed by atoms with Gasteiger partial charge in [-0.15, -0.1) is 0 Å². The van der Waals surface area contributed by atoms with Crippen LogP contribution in [0.3, 0.4) is 0 Å². The van der Waals surface area contributed by atoms with Crippen molar-refractivity contribution in [3.8, 4) is 0 Å². The molecule has 0 aromatic heterocycles. The Kier molecular flexibility index (Phi) is 7.80. The minimum absolute atomic E-state index is 0.0114. The van der Waals surface area contributed by atoms with Crippen molar-refractivity contribution in [2.24, 2.45) is 5.92 Å². The van der Waals surface area contributed by atoms with E-state index in [0.717, 1.165) is 6.42 Å². The maximum absolute atomic E-state index is 12.8.